The molecule has 0 aliphatic carbocycles. The Balaban J connectivity index is 1.84. The summed E-state index contributed by atoms with van der Waals surface area (Å²) < 4.78 is 0. The molecule has 0 aromatic heterocycles. The first-order chi connectivity index (χ1) is 11.2. The van der Waals surface area contributed by atoms with Gasteiger partial charge in [-0.25, -0.2) is 0 Å². The first-order valence-corrected chi connectivity index (χ1v) is 8.45. The average Bonchev–Trinajstić information content (AvgIpc) is 2.53. The van der Waals surface area contributed by atoms with Crippen molar-refractivity contribution >= 4 is 5.57 Å². The molecule has 0 saturated heterocycles. The minimum atomic E-state index is 0.134. The van der Waals surface area contributed by atoms with Gasteiger partial charge in [0.1, 0.15) is 11.5 Å². The van der Waals surface area contributed by atoms with Gasteiger partial charge in [0, 0.05) is 6.07 Å². The third-order valence-corrected chi connectivity index (χ3v) is 3.94. The van der Waals surface area contributed by atoms with Crippen molar-refractivity contribution in [2.24, 2.45) is 0 Å². The van der Waals surface area contributed by atoms with E-state index in [2.05, 4.69) is 43.3 Å². The molecule has 0 heterocycles. The smallest absolute Gasteiger partial charge is 0.119 e. The van der Waals surface area contributed by atoms with Crippen LogP contribution in [-0.2, 0) is 6.42 Å². The molecule has 0 aliphatic heterocycles. The quantitative estimate of drug-likeness (QED) is 0.614. The number of allylic oxidation sites excluding steroid dienone is 2. The van der Waals surface area contributed by atoms with Gasteiger partial charge in [-0.05, 0) is 60.9 Å². The van der Waals surface area contributed by atoms with E-state index in [0.29, 0.717) is 0 Å². The zero-order valence-corrected chi connectivity index (χ0v) is 13.8. The van der Waals surface area contributed by atoms with Crippen molar-refractivity contribution in [2.75, 3.05) is 0 Å². The summed E-state index contributed by atoms with van der Waals surface area (Å²) in [5, 5.41) is 19.0. The van der Waals surface area contributed by atoms with Crippen molar-refractivity contribution in [3.8, 4) is 11.5 Å². The maximum atomic E-state index is 9.48. The van der Waals surface area contributed by atoms with Crippen LogP contribution in [0.15, 0.2) is 54.6 Å². The summed E-state index contributed by atoms with van der Waals surface area (Å²) in [6.45, 7) is 2.21. The van der Waals surface area contributed by atoms with Gasteiger partial charge in [0.15, 0.2) is 0 Å². The van der Waals surface area contributed by atoms with Crippen molar-refractivity contribution in [3.63, 3.8) is 0 Å². The van der Waals surface area contributed by atoms with E-state index in [1.165, 1.54) is 17.2 Å². The van der Waals surface area contributed by atoms with E-state index in [4.69, 9.17) is 0 Å². The van der Waals surface area contributed by atoms with Crippen LogP contribution in [0.1, 0.15) is 50.2 Å². The lowest BCUT2D eigenvalue weighted by Gasteiger charge is -2.07. The second-order valence-corrected chi connectivity index (χ2v) is 5.95. The summed E-state index contributed by atoms with van der Waals surface area (Å²) >= 11 is 0. The van der Waals surface area contributed by atoms with Crippen molar-refractivity contribution in [3.05, 3.63) is 65.7 Å². The van der Waals surface area contributed by atoms with E-state index in [0.717, 1.165) is 44.1 Å². The Labute approximate surface area is 139 Å². The monoisotopic (exact) mass is 310 g/mol. The number of phenolic OH excluding ortho intramolecular Hbond substituents is 2. The summed E-state index contributed by atoms with van der Waals surface area (Å²) in [6.07, 6.45) is 8.73. The largest absolute Gasteiger partial charge is 0.508 e. The van der Waals surface area contributed by atoms with Crippen LogP contribution >= 0.6 is 0 Å². The van der Waals surface area contributed by atoms with Crippen LogP contribution in [0.2, 0.25) is 0 Å². The summed E-state index contributed by atoms with van der Waals surface area (Å²) in [5.74, 6) is 0.267. The lowest BCUT2D eigenvalue weighted by atomic mass is 9.99. The molecule has 2 heteroatoms. The van der Waals surface area contributed by atoms with Gasteiger partial charge in [-0.1, -0.05) is 49.8 Å². The molecular weight excluding hydrogens is 284 g/mol. The molecule has 2 aromatic carbocycles. The molecule has 0 atom stereocenters. The Bertz CT molecular complexity index is 609. The van der Waals surface area contributed by atoms with Crippen LogP contribution in [0.5, 0.6) is 11.5 Å². The van der Waals surface area contributed by atoms with Gasteiger partial charge in [0.05, 0.1) is 0 Å². The molecule has 0 saturated carbocycles. The zero-order valence-electron chi connectivity index (χ0n) is 13.8. The van der Waals surface area contributed by atoms with Crippen molar-refractivity contribution < 1.29 is 10.2 Å². The fraction of sp³-hybridized carbons (Fsp3) is 0.333. The number of phenols is 2. The Morgan fingerprint density at radius 3 is 2.30 bits per heavy atom. The minimum absolute atomic E-state index is 0.134. The first kappa shape index (κ1) is 17.1. The van der Waals surface area contributed by atoms with E-state index >= 15 is 0 Å². The van der Waals surface area contributed by atoms with Gasteiger partial charge in [-0.2, -0.15) is 0 Å². The predicted molar refractivity (Wildman–Crippen MR) is 96.7 cm³/mol. The van der Waals surface area contributed by atoms with Gasteiger partial charge >= 0.3 is 0 Å². The third kappa shape index (κ3) is 5.82. The molecule has 0 amide bonds. The molecule has 2 N–H and O–H groups in total. The topological polar surface area (TPSA) is 40.5 Å². The SMILES string of the molecule is CCCC(=CCCCCc1cc(O)cc(O)c1)c1ccccc1. The standard InChI is InChI=1S/C21H26O2/c1-2-9-18(19-12-7-4-8-13-19)11-6-3-5-10-17-14-20(22)16-21(23)15-17/h4,7-8,11-16,22-23H,2-3,5-6,9-10H2,1H3. The van der Waals surface area contributed by atoms with E-state index < -0.39 is 0 Å². The average molecular weight is 310 g/mol. The lowest BCUT2D eigenvalue weighted by Crippen LogP contribution is -1.87. The second-order valence-electron chi connectivity index (χ2n) is 5.95. The maximum Gasteiger partial charge on any atom is 0.119 e. The minimum Gasteiger partial charge on any atom is -0.508 e. The normalized spacial score (nSPS) is 11.6. The molecule has 0 bridgehead atoms. The van der Waals surface area contributed by atoms with Gasteiger partial charge in [0.25, 0.3) is 0 Å². The van der Waals surface area contributed by atoms with Crippen molar-refractivity contribution in [1.29, 1.82) is 0 Å². The van der Waals surface area contributed by atoms with E-state index in [1.54, 1.807) is 12.1 Å². The zero-order chi connectivity index (χ0) is 16.5. The number of rotatable bonds is 8. The summed E-state index contributed by atoms with van der Waals surface area (Å²) in [6, 6.07) is 15.4. The van der Waals surface area contributed by atoms with Gasteiger partial charge in [0.2, 0.25) is 0 Å². The third-order valence-electron chi connectivity index (χ3n) is 3.94. The van der Waals surface area contributed by atoms with Crippen LogP contribution in [-0.4, -0.2) is 10.2 Å². The summed E-state index contributed by atoms with van der Waals surface area (Å²) in [5.41, 5.74) is 3.75. The number of benzene rings is 2. The summed E-state index contributed by atoms with van der Waals surface area (Å²) in [7, 11) is 0. The van der Waals surface area contributed by atoms with Crippen LogP contribution in [0.4, 0.5) is 0 Å². The first-order valence-electron chi connectivity index (χ1n) is 8.45. The maximum absolute atomic E-state index is 9.48. The molecule has 23 heavy (non-hydrogen) atoms. The highest BCUT2D eigenvalue weighted by Crippen LogP contribution is 2.23. The molecule has 0 spiro atoms. The molecule has 2 aromatic rings. The number of aryl methyl sites for hydroxylation is 1. The van der Waals surface area contributed by atoms with Crippen molar-refractivity contribution in [1.82, 2.24) is 0 Å². The lowest BCUT2D eigenvalue weighted by molar-refractivity contribution is 0.449. The van der Waals surface area contributed by atoms with E-state index in [1.807, 2.05) is 0 Å². The molecule has 0 aliphatic rings. The molecule has 2 rings (SSSR count). The number of unbranched alkanes of at least 4 members (excludes halogenated alkanes) is 2. The van der Waals surface area contributed by atoms with Gasteiger partial charge in [-0.3, -0.25) is 0 Å². The van der Waals surface area contributed by atoms with E-state index in [-0.39, 0.29) is 11.5 Å². The Hall–Kier alpha value is -2.22. The number of hydrogen-bond acceptors (Lipinski definition) is 2. The second kappa shape index (κ2) is 9.04. The number of hydrogen-bond donors (Lipinski definition) is 2. The van der Waals surface area contributed by atoms with Crippen molar-refractivity contribution in [2.45, 2.75) is 45.4 Å². The Morgan fingerprint density at radius 1 is 0.957 bits per heavy atom. The highest BCUT2D eigenvalue weighted by Gasteiger charge is 2.01. The molecule has 122 valence electrons. The highest BCUT2D eigenvalue weighted by atomic mass is 16.3. The summed E-state index contributed by atoms with van der Waals surface area (Å²) in [4.78, 5) is 0. The molecule has 0 radical (unpaired) electrons. The molecule has 2 nitrogen and oxygen atoms in total. The van der Waals surface area contributed by atoms with Crippen LogP contribution in [0, 0.1) is 0 Å². The fourth-order valence-corrected chi connectivity index (χ4v) is 2.84. The molecule has 0 unspecified atom stereocenters. The van der Waals surface area contributed by atoms with Gasteiger partial charge in [-0.15, -0.1) is 0 Å². The van der Waals surface area contributed by atoms with Gasteiger partial charge < -0.3 is 10.2 Å². The Morgan fingerprint density at radius 2 is 1.65 bits per heavy atom. The predicted octanol–water partition coefficient (Wildman–Crippen LogP) is 5.69. The van der Waals surface area contributed by atoms with Crippen LogP contribution in [0.25, 0.3) is 5.57 Å². The van der Waals surface area contributed by atoms with Crippen LogP contribution < -0.4 is 0 Å². The van der Waals surface area contributed by atoms with E-state index in [9.17, 15) is 10.2 Å². The van der Waals surface area contributed by atoms with Crippen LogP contribution in [0.3, 0.4) is 0 Å². The Kier molecular flexibility index (Phi) is 6.74. The fourth-order valence-electron chi connectivity index (χ4n) is 2.84. The molecule has 0 fully saturated rings. The number of aromatic hydroxyl groups is 2. The molecular formula is C21H26O2. The highest BCUT2D eigenvalue weighted by molar-refractivity contribution is 5.65.